The Balaban J connectivity index is 2.78. The van der Waals surface area contributed by atoms with E-state index in [-0.39, 0.29) is 5.25 Å². The maximum absolute atomic E-state index is 11.5. The molecule has 0 aliphatic carbocycles. The van der Waals surface area contributed by atoms with Gasteiger partial charge in [0.2, 0.25) is 0 Å². The number of rotatable bonds is 3. The molecular formula is C10H14ClNOS. The lowest BCUT2D eigenvalue weighted by molar-refractivity contribution is 0.676. The van der Waals surface area contributed by atoms with E-state index in [1.54, 1.807) is 12.1 Å². The zero-order valence-electron chi connectivity index (χ0n) is 8.29. The molecule has 0 saturated carbocycles. The first kappa shape index (κ1) is 11.5. The summed E-state index contributed by atoms with van der Waals surface area (Å²) in [7, 11) is -0.836. The lowest BCUT2D eigenvalue weighted by Crippen LogP contribution is -2.08. The highest BCUT2D eigenvalue weighted by Crippen LogP contribution is 2.20. The number of nitrogens with two attached hydrogens (primary N) is 1. The molecule has 1 rings (SSSR count). The number of hydrogen-bond acceptors (Lipinski definition) is 2. The maximum atomic E-state index is 11.5. The summed E-state index contributed by atoms with van der Waals surface area (Å²) in [5, 5.41) is 0.719. The second-order valence-corrected chi connectivity index (χ2v) is 5.83. The van der Waals surface area contributed by atoms with Crippen molar-refractivity contribution in [3.8, 4) is 0 Å². The minimum Gasteiger partial charge on any atom is -0.398 e. The van der Waals surface area contributed by atoms with Crippen LogP contribution in [-0.2, 0) is 16.6 Å². The molecule has 0 amide bonds. The van der Waals surface area contributed by atoms with Gasteiger partial charge in [-0.25, -0.2) is 0 Å². The molecule has 0 bridgehead atoms. The molecule has 1 aromatic rings. The summed E-state index contributed by atoms with van der Waals surface area (Å²) in [5.41, 5.74) is 7.16. The third-order valence-electron chi connectivity index (χ3n) is 1.90. The van der Waals surface area contributed by atoms with E-state index < -0.39 is 10.8 Å². The fraction of sp³-hybridized carbons (Fsp3) is 0.400. The van der Waals surface area contributed by atoms with Crippen LogP contribution < -0.4 is 5.73 Å². The van der Waals surface area contributed by atoms with Crippen molar-refractivity contribution in [1.82, 2.24) is 0 Å². The molecule has 0 radical (unpaired) electrons. The summed E-state index contributed by atoms with van der Waals surface area (Å²) >= 11 is 5.78. The summed E-state index contributed by atoms with van der Waals surface area (Å²) in [6.45, 7) is 3.88. The van der Waals surface area contributed by atoms with Gasteiger partial charge in [-0.15, -0.1) is 0 Å². The molecular weight excluding hydrogens is 218 g/mol. The first-order valence-electron chi connectivity index (χ1n) is 4.41. The third-order valence-corrected chi connectivity index (χ3v) is 3.91. The van der Waals surface area contributed by atoms with Crippen LogP contribution >= 0.6 is 11.6 Å². The van der Waals surface area contributed by atoms with Crippen LogP contribution in [0.15, 0.2) is 18.2 Å². The van der Waals surface area contributed by atoms with Crippen molar-refractivity contribution in [1.29, 1.82) is 0 Å². The Kier molecular flexibility index (Phi) is 3.96. The molecule has 0 aromatic heterocycles. The Morgan fingerprint density at radius 1 is 1.50 bits per heavy atom. The Morgan fingerprint density at radius 2 is 2.14 bits per heavy atom. The zero-order chi connectivity index (χ0) is 10.7. The predicted molar refractivity (Wildman–Crippen MR) is 62.8 cm³/mol. The Labute approximate surface area is 91.9 Å². The highest BCUT2D eigenvalue weighted by Gasteiger charge is 2.07. The Hall–Kier alpha value is -0.540. The van der Waals surface area contributed by atoms with Gasteiger partial charge in [0.05, 0.1) is 10.7 Å². The molecule has 1 aromatic carbocycles. The first-order chi connectivity index (χ1) is 6.50. The summed E-state index contributed by atoms with van der Waals surface area (Å²) < 4.78 is 11.5. The highest BCUT2D eigenvalue weighted by atomic mass is 35.5. The van der Waals surface area contributed by atoms with Gasteiger partial charge in [-0.05, 0) is 17.7 Å². The molecule has 14 heavy (non-hydrogen) atoms. The van der Waals surface area contributed by atoms with E-state index in [9.17, 15) is 4.21 Å². The second kappa shape index (κ2) is 4.80. The van der Waals surface area contributed by atoms with Gasteiger partial charge in [-0.1, -0.05) is 31.5 Å². The van der Waals surface area contributed by atoms with E-state index in [1.165, 1.54) is 0 Å². The van der Waals surface area contributed by atoms with Gasteiger partial charge < -0.3 is 5.73 Å². The van der Waals surface area contributed by atoms with Gasteiger partial charge in [-0.2, -0.15) is 0 Å². The molecule has 2 N–H and O–H groups in total. The number of hydrogen-bond donors (Lipinski definition) is 1. The smallest absolute Gasteiger partial charge is 0.0635 e. The van der Waals surface area contributed by atoms with E-state index >= 15 is 0 Å². The maximum Gasteiger partial charge on any atom is 0.0635 e. The lowest BCUT2D eigenvalue weighted by atomic mass is 10.2. The van der Waals surface area contributed by atoms with Crippen molar-refractivity contribution in [2.24, 2.45) is 0 Å². The summed E-state index contributed by atoms with van der Waals surface area (Å²) in [6, 6.07) is 5.38. The van der Waals surface area contributed by atoms with Crippen LogP contribution in [0.5, 0.6) is 0 Å². The molecule has 4 heteroatoms. The average Bonchev–Trinajstić information content (AvgIpc) is 2.11. The van der Waals surface area contributed by atoms with Crippen LogP contribution in [0.1, 0.15) is 19.4 Å². The van der Waals surface area contributed by atoms with Crippen molar-refractivity contribution in [3.63, 3.8) is 0 Å². The molecule has 78 valence electrons. The summed E-state index contributed by atoms with van der Waals surface area (Å²) in [5.74, 6) is 0.541. The molecule has 0 heterocycles. The number of benzene rings is 1. The number of nitrogen functional groups attached to an aromatic ring is 1. The second-order valence-electron chi connectivity index (χ2n) is 3.43. The quantitative estimate of drug-likeness (QED) is 0.813. The Bertz CT molecular complexity index is 352. The van der Waals surface area contributed by atoms with Gasteiger partial charge in [0, 0.05) is 21.8 Å². The number of anilines is 1. The van der Waals surface area contributed by atoms with Crippen molar-refractivity contribution in [2.75, 3.05) is 5.73 Å². The topological polar surface area (TPSA) is 43.1 Å². The standard InChI is InChI=1S/C10H14ClNOS/c1-7(2)14(13)6-8-3-4-9(11)10(12)5-8/h3-5,7H,6,12H2,1-2H3. The number of halogens is 1. The predicted octanol–water partition coefficient (Wildman–Crippen LogP) is 2.58. The van der Waals surface area contributed by atoms with Crippen molar-refractivity contribution < 1.29 is 4.21 Å². The molecule has 0 fully saturated rings. The van der Waals surface area contributed by atoms with Gasteiger partial charge >= 0.3 is 0 Å². The van der Waals surface area contributed by atoms with Crippen LogP contribution in [-0.4, -0.2) is 9.46 Å². The SMILES string of the molecule is CC(C)S(=O)Cc1ccc(Cl)c(N)c1. The lowest BCUT2D eigenvalue weighted by Gasteiger charge is -2.06. The van der Waals surface area contributed by atoms with E-state index in [2.05, 4.69) is 0 Å². The first-order valence-corrected chi connectivity index (χ1v) is 6.18. The van der Waals surface area contributed by atoms with Crippen LogP contribution in [0.4, 0.5) is 5.69 Å². The monoisotopic (exact) mass is 231 g/mol. The van der Waals surface area contributed by atoms with E-state index in [1.807, 2.05) is 19.9 Å². The van der Waals surface area contributed by atoms with Gasteiger partial charge in [0.15, 0.2) is 0 Å². The van der Waals surface area contributed by atoms with Gasteiger partial charge in [-0.3, -0.25) is 4.21 Å². The minimum absolute atomic E-state index is 0.173. The van der Waals surface area contributed by atoms with E-state index in [4.69, 9.17) is 17.3 Å². The Morgan fingerprint density at radius 3 is 2.64 bits per heavy atom. The fourth-order valence-corrected chi connectivity index (χ4v) is 1.97. The largest absolute Gasteiger partial charge is 0.398 e. The molecule has 0 aliphatic heterocycles. The van der Waals surface area contributed by atoms with Crippen LogP contribution in [0, 0.1) is 0 Å². The molecule has 0 aliphatic rings. The minimum atomic E-state index is -0.836. The summed E-state index contributed by atoms with van der Waals surface area (Å²) in [6.07, 6.45) is 0. The van der Waals surface area contributed by atoms with E-state index in [0.29, 0.717) is 16.5 Å². The van der Waals surface area contributed by atoms with Crippen LogP contribution in [0.25, 0.3) is 0 Å². The fourth-order valence-electron chi connectivity index (χ4n) is 1.01. The van der Waals surface area contributed by atoms with Gasteiger partial charge in [0.25, 0.3) is 0 Å². The summed E-state index contributed by atoms with van der Waals surface area (Å²) in [4.78, 5) is 0. The average molecular weight is 232 g/mol. The molecule has 0 spiro atoms. The van der Waals surface area contributed by atoms with Crippen molar-refractivity contribution >= 4 is 28.1 Å². The van der Waals surface area contributed by atoms with Gasteiger partial charge in [0.1, 0.15) is 0 Å². The molecule has 0 saturated heterocycles. The van der Waals surface area contributed by atoms with Crippen molar-refractivity contribution in [2.45, 2.75) is 24.9 Å². The normalized spacial score (nSPS) is 13.1. The van der Waals surface area contributed by atoms with Crippen molar-refractivity contribution in [3.05, 3.63) is 28.8 Å². The molecule has 1 unspecified atom stereocenters. The van der Waals surface area contributed by atoms with E-state index in [0.717, 1.165) is 5.56 Å². The van der Waals surface area contributed by atoms with Crippen LogP contribution in [0.2, 0.25) is 5.02 Å². The zero-order valence-corrected chi connectivity index (χ0v) is 9.86. The third kappa shape index (κ3) is 3.00. The molecule has 2 nitrogen and oxygen atoms in total. The highest BCUT2D eigenvalue weighted by molar-refractivity contribution is 7.84. The van der Waals surface area contributed by atoms with Crippen LogP contribution in [0.3, 0.4) is 0 Å². The molecule has 1 atom stereocenters.